The number of methoxy groups -OCH3 is 1. The van der Waals surface area contributed by atoms with E-state index in [9.17, 15) is 9.59 Å². The van der Waals surface area contributed by atoms with Crippen LogP contribution in [0.5, 0.6) is 5.75 Å². The summed E-state index contributed by atoms with van der Waals surface area (Å²) >= 11 is 0. The second-order valence-electron chi connectivity index (χ2n) is 8.68. The molecule has 3 aromatic carbocycles. The van der Waals surface area contributed by atoms with Crippen molar-refractivity contribution < 1.29 is 14.3 Å². The molecule has 0 saturated heterocycles. The second kappa shape index (κ2) is 9.46. The van der Waals surface area contributed by atoms with E-state index in [4.69, 9.17) is 9.84 Å². The summed E-state index contributed by atoms with van der Waals surface area (Å²) in [5.41, 5.74) is 4.90. The average Bonchev–Trinajstić information content (AvgIpc) is 3.58. The molecule has 5 rings (SSSR count). The summed E-state index contributed by atoms with van der Waals surface area (Å²) in [6, 6.07) is 22.6. The van der Waals surface area contributed by atoms with Crippen molar-refractivity contribution in [1.29, 1.82) is 0 Å². The van der Waals surface area contributed by atoms with Crippen LogP contribution in [0.15, 0.2) is 79.0 Å². The lowest BCUT2D eigenvalue weighted by atomic mass is 10.1. The number of nitrogens with one attached hydrogen (secondary N) is 2. The number of carbonyl (C=O) groups excluding carboxylic acids is 2. The lowest BCUT2D eigenvalue weighted by Crippen LogP contribution is -2.25. The highest BCUT2D eigenvalue weighted by atomic mass is 16.5. The molecule has 7 heteroatoms. The molecule has 1 aromatic heterocycles. The Labute approximate surface area is 203 Å². The summed E-state index contributed by atoms with van der Waals surface area (Å²) in [6.07, 6.45) is 3.80. The van der Waals surface area contributed by atoms with Crippen molar-refractivity contribution in [3.8, 4) is 22.7 Å². The third kappa shape index (κ3) is 5.09. The van der Waals surface area contributed by atoms with E-state index in [1.54, 1.807) is 42.3 Å². The van der Waals surface area contributed by atoms with Gasteiger partial charge in [0.1, 0.15) is 11.4 Å². The van der Waals surface area contributed by atoms with Crippen molar-refractivity contribution in [1.82, 2.24) is 15.1 Å². The van der Waals surface area contributed by atoms with Crippen LogP contribution in [0.1, 0.15) is 39.1 Å². The van der Waals surface area contributed by atoms with Crippen LogP contribution in [-0.4, -0.2) is 34.7 Å². The number of anilines is 1. The smallest absolute Gasteiger partial charge is 0.259 e. The van der Waals surface area contributed by atoms with Crippen LogP contribution >= 0.6 is 0 Å². The van der Waals surface area contributed by atoms with E-state index >= 15 is 0 Å². The molecular weight excluding hydrogens is 440 g/mol. The minimum Gasteiger partial charge on any atom is -0.497 e. The number of ether oxygens (including phenoxy) is 1. The standard InChI is InChI=1S/C28H26N4O3/c1-18-6-14-23(15-7-18)32-17-25(26(31-32)20-4-3-5-24(16-20)35-2)28(34)30-21-10-8-19(9-11-21)27(33)29-22-12-13-22/h3-11,14-17,22H,12-13H2,1-2H3,(H,29,33)(H,30,34). The maximum absolute atomic E-state index is 13.4. The number of carbonyl (C=O) groups is 2. The Kier molecular flexibility index (Phi) is 6.06. The number of amides is 2. The summed E-state index contributed by atoms with van der Waals surface area (Å²) in [4.78, 5) is 25.6. The Bertz CT molecular complexity index is 1370. The van der Waals surface area contributed by atoms with Gasteiger partial charge in [0.15, 0.2) is 0 Å². The van der Waals surface area contributed by atoms with E-state index in [0.29, 0.717) is 34.3 Å². The monoisotopic (exact) mass is 466 g/mol. The van der Waals surface area contributed by atoms with Gasteiger partial charge in [-0.05, 0) is 68.3 Å². The van der Waals surface area contributed by atoms with Gasteiger partial charge in [0.25, 0.3) is 11.8 Å². The van der Waals surface area contributed by atoms with Gasteiger partial charge in [-0.15, -0.1) is 0 Å². The molecule has 1 fully saturated rings. The number of hydrogen-bond donors (Lipinski definition) is 2. The normalized spacial score (nSPS) is 12.7. The summed E-state index contributed by atoms with van der Waals surface area (Å²) in [7, 11) is 1.60. The Morgan fingerprint density at radius 3 is 2.40 bits per heavy atom. The first kappa shape index (κ1) is 22.4. The predicted molar refractivity (Wildman–Crippen MR) is 135 cm³/mol. The minimum absolute atomic E-state index is 0.0925. The minimum atomic E-state index is -0.295. The van der Waals surface area contributed by atoms with Gasteiger partial charge < -0.3 is 15.4 Å². The fourth-order valence-corrected chi connectivity index (χ4v) is 3.75. The quantitative estimate of drug-likeness (QED) is 0.401. The maximum atomic E-state index is 13.4. The Balaban J connectivity index is 1.44. The number of nitrogens with zero attached hydrogens (tertiary/aromatic N) is 2. The van der Waals surface area contributed by atoms with Crippen molar-refractivity contribution in [3.05, 3.63) is 95.7 Å². The van der Waals surface area contributed by atoms with Gasteiger partial charge in [-0.2, -0.15) is 5.10 Å². The first-order valence-electron chi connectivity index (χ1n) is 11.5. The topological polar surface area (TPSA) is 85.2 Å². The first-order chi connectivity index (χ1) is 17.0. The Hall–Kier alpha value is -4.39. The largest absolute Gasteiger partial charge is 0.497 e. The molecule has 1 aliphatic carbocycles. The fourth-order valence-electron chi connectivity index (χ4n) is 3.75. The highest BCUT2D eigenvalue weighted by Crippen LogP contribution is 2.28. The van der Waals surface area contributed by atoms with Crippen LogP contribution in [-0.2, 0) is 0 Å². The molecule has 0 aliphatic heterocycles. The van der Waals surface area contributed by atoms with Crippen LogP contribution in [0.3, 0.4) is 0 Å². The van der Waals surface area contributed by atoms with Crippen molar-refractivity contribution in [2.24, 2.45) is 0 Å². The van der Waals surface area contributed by atoms with E-state index in [0.717, 1.165) is 29.7 Å². The van der Waals surface area contributed by atoms with Crippen LogP contribution in [0.4, 0.5) is 5.69 Å². The molecule has 1 heterocycles. The Morgan fingerprint density at radius 1 is 0.971 bits per heavy atom. The lowest BCUT2D eigenvalue weighted by molar-refractivity contribution is 0.0950. The third-order valence-electron chi connectivity index (χ3n) is 5.92. The summed E-state index contributed by atoms with van der Waals surface area (Å²) in [5, 5.41) is 10.6. The van der Waals surface area contributed by atoms with Crippen LogP contribution < -0.4 is 15.4 Å². The zero-order chi connectivity index (χ0) is 24.4. The van der Waals surface area contributed by atoms with Gasteiger partial charge >= 0.3 is 0 Å². The maximum Gasteiger partial charge on any atom is 0.259 e. The van der Waals surface area contributed by atoms with Crippen molar-refractivity contribution in [3.63, 3.8) is 0 Å². The van der Waals surface area contributed by atoms with Gasteiger partial charge in [0, 0.05) is 29.1 Å². The molecule has 2 amide bonds. The number of rotatable bonds is 7. The highest BCUT2D eigenvalue weighted by molar-refractivity contribution is 6.08. The van der Waals surface area contributed by atoms with Crippen molar-refractivity contribution >= 4 is 17.5 Å². The predicted octanol–water partition coefficient (Wildman–Crippen LogP) is 5.00. The molecule has 0 unspecified atom stereocenters. The molecule has 0 atom stereocenters. The van der Waals surface area contributed by atoms with Crippen molar-refractivity contribution in [2.45, 2.75) is 25.8 Å². The van der Waals surface area contributed by atoms with Crippen LogP contribution in [0, 0.1) is 6.92 Å². The molecule has 1 saturated carbocycles. The number of aromatic nitrogens is 2. The van der Waals surface area contributed by atoms with E-state index < -0.39 is 0 Å². The second-order valence-corrected chi connectivity index (χ2v) is 8.68. The van der Waals surface area contributed by atoms with Gasteiger partial charge in [-0.1, -0.05) is 29.8 Å². The number of hydrogen-bond acceptors (Lipinski definition) is 4. The molecule has 2 N–H and O–H groups in total. The van der Waals surface area contributed by atoms with E-state index in [1.165, 1.54) is 0 Å². The molecule has 0 spiro atoms. The summed E-state index contributed by atoms with van der Waals surface area (Å²) in [6.45, 7) is 2.02. The Morgan fingerprint density at radius 2 is 1.71 bits per heavy atom. The first-order valence-corrected chi connectivity index (χ1v) is 11.5. The molecule has 176 valence electrons. The summed E-state index contributed by atoms with van der Waals surface area (Å²) in [5.74, 6) is 0.292. The molecule has 35 heavy (non-hydrogen) atoms. The van der Waals surface area contributed by atoms with Crippen molar-refractivity contribution in [2.75, 3.05) is 12.4 Å². The SMILES string of the molecule is COc1cccc(-c2nn(-c3ccc(C)cc3)cc2C(=O)Nc2ccc(C(=O)NC3CC3)cc2)c1. The molecule has 1 aliphatic rings. The zero-order valence-electron chi connectivity index (χ0n) is 19.6. The van der Waals surface area contributed by atoms with E-state index in [1.807, 2.05) is 55.5 Å². The summed E-state index contributed by atoms with van der Waals surface area (Å²) < 4.78 is 7.07. The molecule has 7 nitrogen and oxygen atoms in total. The highest BCUT2D eigenvalue weighted by Gasteiger charge is 2.24. The molecule has 4 aromatic rings. The molecule has 0 radical (unpaired) electrons. The van der Waals surface area contributed by atoms with Crippen LogP contribution in [0.25, 0.3) is 16.9 Å². The molecule has 0 bridgehead atoms. The van der Waals surface area contributed by atoms with Gasteiger partial charge in [-0.25, -0.2) is 4.68 Å². The zero-order valence-corrected chi connectivity index (χ0v) is 19.6. The fraction of sp³-hybridized carbons (Fsp3) is 0.179. The lowest BCUT2D eigenvalue weighted by Gasteiger charge is -2.08. The van der Waals surface area contributed by atoms with E-state index in [-0.39, 0.29) is 11.8 Å². The van der Waals surface area contributed by atoms with Gasteiger partial charge in [0.2, 0.25) is 0 Å². The number of aryl methyl sites for hydroxylation is 1. The van der Waals surface area contributed by atoms with E-state index in [2.05, 4.69) is 10.6 Å². The molecular formula is C28H26N4O3. The van der Waals surface area contributed by atoms with Gasteiger partial charge in [0.05, 0.1) is 18.4 Å². The number of benzene rings is 3. The third-order valence-corrected chi connectivity index (χ3v) is 5.92. The van der Waals surface area contributed by atoms with Crippen LogP contribution in [0.2, 0.25) is 0 Å². The average molecular weight is 467 g/mol. The van der Waals surface area contributed by atoms with Gasteiger partial charge in [-0.3, -0.25) is 9.59 Å².